The zero-order valence-electron chi connectivity index (χ0n) is 86.7. The van der Waals surface area contributed by atoms with Crippen LogP contribution in [0.3, 0.4) is 0 Å². The Hall–Kier alpha value is -13.2. The molecule has 7 heteroatoms. The van der Waals surface area contributed by atoms with E-state index in [4.69, 9.17) is 0 Å². The molecule has 0 N–H and O–H groups in total. The van der Waals surface area contributed by atoms with Gasteiger partial charge >= 0.3 is 0 Å². The lowest BCUT2D eigenvalue weighted by atomic mass is 9.82. The third kappa shape index (κ3) is 31.1. The first-order valence-corrected chi connectivity index (χ1v) is 51.2. The van der Waals surface area contributed by atoms with E-state index in [1.54, 1.807) is 0 Å². The van der Waals surface area contributed by atoms with Crippen molar-refractivity contribution in [2.24, 2.45) is 0 Å². The second kappa shape index (κ2) is 58.5. The zero-order chi connectivity index (χ0) is 101. The minimum absolute atomic E-state index is 0.0752. The lowest BCUT2D eigenvalue weighted by Crippen LogP contribution is -2.11. The summed E-state index contributed by atoms with van der Waals surface area (Å²) in [6.07, 6.45) is 13.8. The molecule has 0 aliphatic rings. The standard InChI is InChI=1S/2C21H26O.2C20H24O.C19H22O.C18H20O.C13H10O/c1-5-15(3)18-13-10-14-19(20(18)16(4)6-2)21(22)17-11-8-7-9-12-17;1-4-6-13-19-18(16(3)5-2)14-10-15-20(19)21(22)17-11-8-7-9-12-17;1-5-15(4)17-12-9-13-18(19(17)14(2)3)20(21)16-10-7-6-8-11-16;1-4-10-18-17(15(3)5-2)13-9-14-19(18)20(21)16-11-7-6-8-12-16;1-4-14(3)17-12-9-13-18(16(17)5-2)19(20)15-10-7-6-8-11-15;1-4-13(2)16-11-8-12-17(14(16)3)18(19)15-9-6-5-7-10-15;14-13(11-7-3-1-4-8-11)12-9-5-2-6-10-12/h7-16H,5-6H2,1-4H3;7-12,14-16H,4-6,13H2,1-3H3;6-15H,5H2,1-4H3;6-9,11-15H,4-5,10H2,1-3H3;6-14H,4-5H2,1-3H3;5-13H,4H2,1-3H3;1-10H. The van der Waals surface area contributed by atoms with Crippen LogP contribution in [-0.4, -0.2) is 40.5 Å². The minimum Gasteiger partial charge on any atom is -0.289 e. The van der Waals surface area contributed by atoms with Crippen LogP contribution in [0.25, 0.3) is 0 Å². The summed E-state index contributed by atoms with van der Waals surface area (Å²) >= 11 is 0. The first kappa shape index (κ1) is 111. The molecule has 0 heterocycles. The molecule has 0 amide bonds. The van der Waals surface area contributed by atoms with Crippen molar-refractivity contribution in [2.45, 2.75) is 269 Å². The van der Waals surface area contributed by atoms with Crippen LogP contribution in [-0.2, 0) is 19.3 Å². The lowest BCUT2D eigenvalue weighted by molar-refractivity contribution is 0.102. The highest BCUT2D eigenvalue weighted by atomic mass is 16.1. The molecular formula is C132H152O7. The van der Waals surface area contributed by atoms with Gasteiger partial charge in [0.25, 0.3) is 0 Å². The van der Waals surface area contributed by atoms with E-state index in [2.05, 4.69) is 175 Å². The predicted molar refractivity (Wildman–Crippen MR) is 586 cm³/mol. The number of hydrogen-bond donors (Lipinski definition) is 0. The highest BCUT2D eigenvalue weighted by Crippen LogP contribution is 2.38. The molecule has 0 aromatic heterocycles. The molecule has 14 aromatic carbocycles. The van der Waals surface area contributed by atoms with Crippen molar-refractivity contribution in [3.8, 4) is 0 Å². The molecule has 0 saturated carbocycles. The van der Waals surface area contributed by atoms with Crippen molar-refractivity contribution in [1.82, 2.24) is 0 Å². The maximum Gasteiger partial charge on any atom is 0.193 e. The van der Waals surface area contributed by atoms with Crippen LogP contribution in [0.2, 0.25) is 0 Å². The average Bonchev–Trinajstić information content (AvgIpc) is 0.791. The summed E-state index contributed by atoms with van der Waals surface area (Å²) in [6.45, 7) is 43.9. The molecule has 0 aliphatic heterocycles. The van der Waals surface area contributed by atoms with E-state index in [0.29, 0.717) is 47.3 Å². The molecular weight excluding hydrogens is 1700 g/mol. The van der Waals surface area contributed by atoms with Crippen molar-refractivity contribution < 1.29 is 33.6 Å². The van der Waals surface area contributed by atoms with Crippen LogP contribution in [0.4, 0.5) is 0 Å². The number of unbranched alkanes of at least 4 members (excludes halogenated alkanes) is 1. The Morgan fingerprint density at radius 2 is 0.410 bits per heavy atom. The van der Waals surface area contributed by atoms with Crippen molar-refractivity contribution in [1.29, 1.82) is 0 Å². The van der Waals surface area contributed by atoms with Crippen LogP contribution < -0.4 is 0 Å². The molecule has 0 radical (unpaired) electrons. The fraction of sp³-hybridized carbons (Fsp3) is 0.311. The van der Waals surface area contributed by atoms with Gasteiger partial charge in [0, 0.05) is 77.9 Å². The molecule has 0 saturated heterocycles. The molecule has 14 aromatic rings. The Labute approximate surface area is 834 Å². The van der Waals surface area contributed by atoms with E-state index in [1.165, 1.54) is 61.2 Å². The third-order valence-electron chi connectivity index (χ3n) is 27.2. The van der Waals surface area contributed by atoms with Crippen molar-refractivity contribution in [2.75, 3.05) is 0 Å². The van der Waals surface area contributed by atoms with E-state index >= 15 is 0 Å². The fourth-order valence-electron chi connectivity index (χ4n) is 17.8. The molecule has 7 nitrogen and oxygen atoms in total. The minimum atomic E-state index is 0.0752. The number of carbonyl (C=O) groups is 7. The van der Waals surface area contributed by atoms with E-state index < -0.39 is 0 Å². The molecule has 14 rings (SSSR count). The highest BCUT2D eigenvalue weighted by Gasteiger charge is 2.27. The van der Waals surface area contributed by atoms with Gasteiger partial charge in [-0.1, -0.05) is 496 Å². The summed E-state index contributed by atoms with van der Waals surface area (Å²) in [6, 6.07) is 113. The van der Waals surface area contributed by atoms with Gasteiger partial charge in [0.15, 0.2) is 40.5 Å². The molecule has 0 aliphatic carbocycles. The van der Waals surface area contributed by atoms with Gasteiger partial charge in [0.1, 0.15) is 0 Å². The van der Waals surface area contributed by atoms with Crippen LogP contribution in [0.1, 0.15) is 421 Å². The summed E-state index contributed by atoms with van der Waals surface area (Å²) in [7, 11) is 0. The molecule has 0 fully saturated rings. The number of rotatable bonds is 35. The maximum atomic E-state index is 13.0. The Balaban J connectivity index is 0.000000199. The Morgan fingerprint density at radius 3 is 0.691 bits per heavy atom. The van der Waals surface area contributed by atoms with Gasteiger partial charge in [0.05, 0.1) is 0 Å². The van der Waals surface area contributed by atoms with Crippen LogP contribution in [0.5, 0.6) is 0 Å². The van der Waals surface area contributed by atoms with Gasteiger partial charge in [-0.25, -0.2) is 0 Å². The van der Waals surface area contributed by atoms with Crippen LogP contribution in [0.15, 0.2) is 352 Å². The van der Waals surface area contributed by atoms with Crippen LogP contribution in [0, 0.1) is 6.92 Å². The summed E-state index contributed by atoms with van der Waals surface area (Å²) in [5, 5.41) is 0. The van der Waals surface area contributed by atoms with Gasteiger partial charge in [-0.3, -0.25) is 33.6 Å². The van der Waals surface area contributed by atoms with E-state index in [1.807, 2.05) is 315 Å². The second-order valence-electron chi connectivity index (χ2n) is 37.0. The quantitative estimate of drug-likeness (QED) is 0.0363. The van der Waals surface area contributed by atoms with E-state index in [9.17, 15) is 33.6 Å². The number of hydrogen-bond acceptors (Lipinski definition) is 7. The first-order valence-electron chi connectivity index (χ1n) is 51.2. The molecule has 139 heavy (non-hydrogen) atoms. The molecule has 7 atom stereocenters. The lowest BCUT2D eigenvalue weighted by Gasteiger charge is -2.22. The van der Waals surface area contributed by atoms with Gasteiger partial charge < -0.3 is 0 Å². The topological polar surface area (TPSA) is 119 Å². The van der Waals surface area contributed by atoms with E-state index in [0.717, 1.165) is 167 Å². The van der Waals surface area contributed by atoms with Crippen molar-refractivity contribution in [3.63, 3.8) is 0 Å². The molecule has 0 bridgehead atoms. The van der Waals surface area contributed by atoms with Crippen LogP contribution >= 0.6 is 0 Å². The summed E-state index contributed by atoms with van der Waals surface area (Å²) in [5.41, 5.74) is 26.4. The Morgan fingerprint density at radius 1 is 0.194 bits per heavy atom. The first-order chi connectivity index (χ1) is 67.2. The number of ketones is 7. The normalized spacial score (nSPS) is 12.2. The Bertz CT molecular complexity index is 6100. The van der Waals surface area contributed by atoms with Gasteiger partial charge in [-0.15, -0.1) is 0 Å². The summed E-state index contributed by atoms with van der Waals surface area (Å²) in [4.78, 5) is 88.5. The smallest absolute Gasteiger partial charge is 0.193 e. The molecule has 722 valence electrons. The maximum absolute atomic E-state index is 13.0. The highest BCUT2D eigenvalue weighted by molar-refractivity contribution is 6.14. The monoisotopic (exact) mass is 1850 g/mol. The zero-order valence-corrected chi connectivity index (χ0v) is 86.7. The summed E-state index contributed by atoms with van der Waals surface area (Å²) < 4.78 is 0. The second-order valence-corrected chi connectivity index (χ2v) is 37.0. The van der Waals surface area contributed by atoms with Gasteiger partial charge in [-0.05, 0) is 192 Å². The number of benzene rings is 14. The fourth-order valence-corrected chi connectivity index (χ4v) is 17.8. The SMILES string of the molecule is CCC(C)c1cccc(C(=O)c2ccccc2)c1C.CCC(C)c1cccc(C(=O)c2ccccc2)c1C(C)C.CCC(C)c1cccc(C(=O)c2ccccc2)c1C(C)CC.CCCCc1c(C(=O)c2ccccc2)cccc1C(C)CC.CCCc1c(C(=O)c2ccccc2)cccc1C(C)CC.CCc1c(C(=O)c2ccccc2)cccc1C(C)CC.O=C(c1ccccc1)c1ccccc1. The van der Waals surface area contributed by atoms with Gasteiger partial charge in [-0.2, -0.15) is 0 Å². The van der Waals surface area contributed by atoms with Crippen molar-refractivity contribution in [3.05, 3.63) is 496 Å². The number of carbonyl (C=O) groups excluding carboxylic acids is 7. The predicted octanol–water partition coefficient (Wildman–Crippen LogP) is 35.3. The van der Waals surface area contributed by atoms with Crippen molar-refractivity contribution >= 4 is 40.5 Å². The summed E-state index contributed by atoms with van der Waals surface area (Å²) in [5.74, 6) is 4.56. The van der Waals surface area contributed by atoms with E-state index in [-0.39, 0.29) is 40.5 Å². The Kier molecular flexibility index (Phi) is 46.7. The average molecular weight is 1850 g/mol. The van der Waals surface area contributed by atoms with Gasteiger partial charge in [0.2, 0.25) is 0 Å². The molecule has 7 unspecified atom stereocenters. The largest absolute Gasteiger partial charge is 0.289 e. The third-order valence-corrected chi connectivity index (χ3v) is 27.2. The molecule has 0 spiro atoms.